The second-order valence-corrected chi connectivity index (χ2v) is 12.8. The van der Waals surface area contributed by atoms with Gasteiger partial charge in [0.2, 0.25) is 0 Å². The molecule has 1 aromatic carbocycles. The molecule has 0 atom stereocenters. The maximum Gasteiger partial charge on any atom is 0.138 e. The van der Waals surface area contributed by atoms with E-state index in [9.17, 15) is 0 Å². The Bertz CT molecular complexity index is 225. The third kappa shape index (κ3) is 4.23. The molecular formula is C10H15BrP+. The summed E-state index contributed by atoms with van der Waals surface area (Å²) < 4.78 is 0. The molecule has 12 heavy (non-hydrogen) atoms. The zero-order valence-electron chi connectivity index (χ0n) is 7.63. The summed E-state index contributed by atoms with van der Waals surface area (Å²) in [6.45, 7) is 4.63. The number of hydrogen-bond donors (Lipinski definition) is 0. The van der Waals surface area contributed by atoms with Crippen LogP contribution in [0.1, 0.15) is 5.56 Å². The van der Waals surface area contributed by atoms with E-state index in [2.05, 4.69) is 59.2 Å². The standard InChI is InChI=1S/C10H15BrP/c1-12(2,11)9-8-10-6-4-3-5-7-10/h3-7H,8-9H2,1-2H3/q+1. The van der Waals surface area contributed by atoms with E-state index in [-0.39, 0.29) is 0 Å². The van der Waals surface area contributed by atoms with Gasteiger partial charge in [0.25, 0.3) is 0 Å². The highest BCUT2D eigenvalue weighted by Gasteiger charge is 2.19. The van der Waals surface area contributed by atoms with Crippen LogP contribution in [-0.2, 0) is 6.42 Å². The largest absolute Gasteiger partial charge is 0.138 e. The summed E-state index contributed by atoms with van der Waals surface area (Å²) in [4.78, 5) is 0. The Kier molecular flexibility index (Phi) is 3.74. The summed E-state index contributed by atoms with van der Waals surface area (Å²) in [6, 6.07) is 10.7. The maximum absolute atomic E-state index is 3.75. The van der Waals surface area contributed by atoms with Gasteiger partial charge in [0, 0.05) is 6.42 Å². The molecule has 0 aliphatic rings. The molecule has 1 aromatic rings. The van der Waals surface area contributed by atoms with Crippen molar-refractivity contribution in [1.29, 1.82) is 0 Å². The lowest BCUT2D eigenvalue weighted by molar-refractivity contribution is 1.15. The van der Waals surface area contributed by atoms with Crippen molar-refractivity contribution in [3.05, 3.63) is 35.9 Å². The van der Waals surface area contributed by atoms with Crippen molar-refractivity contribution >= 4 is 21.5 Å². The summed E-state index contributed by atoms with van der Waals surface area (Å²) in [7, 11) is 0. The molecule has 0 radical (unpaired) electrons. The van der Waals surface area contributed by atoms with Gasteiger partial charge < -0.3 is 0 Å². The first-order valence-electron chi connectivity index (χ1n) is 4.14. The number of rotatable bonds is 3. The molecule has 0 spiro atoms. The van der Waals surface area contributed by atoms with Crippen molar-refractivity contribution in [1.82, 2.24) is 0 Å². The molecule has 0 unspecified atom stereocenters. The summed E-state index contributed by atoms with van der Waals surface area (Å²) >= 11 is 3.75. The van der Waals surface area contributed by atoms with Gasteiger partial charge in [-0.3, -0.25) is 0 Å². The van der Waals surface area contributed by atoms with Crippen LogP contribution in [0.4, 0.5) is 0 Å². The van der Waals surface area contributed by atoms with Gasteiger partial charge in [-0.15, -0.1) is 0 Å². The second-order valence-electron chi connectivity index (χ2n) is 3.50. The summed E-state index contributed by atoms with van der Waals surface area (Å²) in [5, 5.41) is 0. The molecule has 0 saturated heterocycles. The van der Waals surface area contributed by atoms with E-state index in [1.807, 2.05) is 0 Å². The molecule has 0 fully saturated rings. The van der Waals surface area contributed by atoms with Crippen molar-refractivity contribution in [3.8, 4) is 0 Å². The van der Waals surface area contributed by atoms with Gasteiger partial charge in [0.15, 0.2) is 0 Å². The Hall–Kier alpha value is 0.130. The molecule has 2 heteroatoms. The molecule has 0 saturated carbocycles. The fourth-order valence-electron chi connectivity index (χ4n) is 1.04. The van der Waals surface area contributed by atoms with E-state index < -0.39 is 5.96 Å². The molecule has 1 rings (SSSR count). The normalized spacial score (nSPS) is 11.6. The lowest BCUT2D eigenvalue weighted by Crippen LogP contribution is -1.93. The zero-order valence-corrected chi connectivity index (χ0v) is 10.1. The predicted octanol–water partition coefficient (Wildman–Crippen LogP) is 3.82. The molecular weight excluding hydrogens is 231 g/mol. The van der Waals surface area contributed by atoms with Crippen molar-refractivity contribution in [2.45, 2.75) is 6.42 Å². The number of halogens is 1. The molecule has 0 nitrogen and oxygen atoms in total. The van der Waals surface area contributed by atoms with E-state index >= 15 is 0 Å². The monoisotopic (exact) mass is 245 g/mol. The van der Waals surface area contributed by atoms with Gasteiger partial charge in [-0.2, -0.15) is 0 Å². The molecule has 0 aliphatic heterocycles. The van der Waals surface area contributed by atoms with Crippen LogP contribution < -0.4 is 0 Å². The lowest BCUT2D eigenvalue weighted by atomic mass is 10.2. The first kappa shape index (κ1) is 10.2. The van der Waals surface area contributed by atoms with Crippen LogP contribution in [0.15, 0.2) is 30.3 Å². The van der Waals surface area contributed by atoms with Crippen LogP contribution in [0, 0.1) is 0 Å². The van der Waals surface area contributed by atoms with E-state index in [1.165, 1.54) is 18.1 Å². The van der Waals surface area contributed by atoms with Crippen LogP contribution in [0.25, 0.3) is 0 Å². The van der Waals surface area contributed by atoms with E-state index in [0.717, 1.165) is 0 Å². The van der Waals surface area contributed by atoms with Crippen LogP contribution in [-0.4, -0.2) is 19.5 Å². The number of benzene rings is 1. The van der Waals surface area contributed by atoms with Crippen molar-refractivity contribution < 1.29 is 0 Å². The highest BCUT2D eigenvalue weighted by atomic mass is 79.9. The van der Waals surface area contributed by atoms with E-state index in [4.69, 9.17) is 0 Å². The minimum Gasteiger partial charge on any atom is -0.0622 e. The van der Waals surface area contributed by atoms with Gasteiger partial charge >= 0.3 is 0 Å². The Labute approximate surface area is 83.5 Å². The van der Waals surface area contributed by atoms with Gasteiger partial charge in [0.05, 0.1) is 25.5 Å². The van der Waals surface area contributed by atoms with Crippen molar-refractivity contribution in [2.75, 3.05) is 19.5 Å². The molecule has 66 valence electrons. The highest BCUT2D eigenvalue weighted by molar-refractivity contribution is 9.42. The smallest absolute Gasteiger partial charge is 0.0622 e. The summed E-state index contributed by atoms with van der Waals surface area (Å²) in [5.41, 5.74) is 1.45. The summed E-state index contributed by atoms with van der Waals surface area (Å²) in [5.74, 6) is -0.769. The minimum absolute atomic E-state index is 0.769. The molecule has 0 amide bonds. The SMILES string of the molecule is C[P+](C)(Br)CCc1ccccc1. The van der Waals surface area contributed by atoms with E-state index in [0.29, 0.717) is 0 Å². The third-order valence-electron chi connectivity index (χ3n) is 1.78. The van der Waals surface area contributed by atoms with Crippen LogP contribution in [0.5, 0.6) is 0 Å². The van der Waals surface area contributed by atoms with Crippen LogP contribution in [0.3, 0.4) is 0 Å². The molecule has 0 bridgehead atoms. The molecule has 0 N–H and O–H groups in total. The van der Waals surface area contributed by atoms with Crippen molar-refractivity contribution in [3.63, 3.8) is 0 Å². The van der Waals surface area contributed by atoms with Crippen LogP contribution in [0.2, 0.25) is 0 Å². The Morgan fingerprint density at radius 3 is 2.25 bits per heavy atom. The number of aryl methyl sites for hydroxylation is 1. The van der Waals surface area contributed by atoms with Gasteiger partial charge in [-0.25, -0.2) is 0 Å². The second kappa shape index (κ2) is 4.39. The number of hydrogen-bond acceptors (Lipinski definition) is 0. The van der Waals surface area contributed by atoms with Gasteiger partial charge in [-0.1, -0.05) is 30.3 Å². The average molecular weight is 246 g/mol. The first-order valence-corrected chi connectivity index (χ1v) is 9.03. The molecule has 0 heterocycles. The third-order valence-corrected chi connectivity index (χ3v) is 4.13. The molecule has 0 aliphatic carbocycles. The fraction of sp³-hybridized carbons (Fsp3) is 0.400. The maximum atomic E-state index is 3.75. The van der Waals surface area contributed by atoms with Gasteiger partial charge in [-0.05, 0) is 5.56 Å². The predicted molar refractivity (Wildman–Crippen MR) is 62.7 cm³/mol. The molecule has 0 aromatic heterocycles. The summed E-state index contributed by atoms with van der Waals surface area (Å²) in [6.07, 6.45) is 2.49. The van der Waals surface area contributed by atoms with Crippen molar-refractivity contribution in [2.24, 2.45) is 0 Å². The fourth-order valence-corrected chi connectivity index (χ4v) is 2.36. The van der Waals surface area contributed by atoms with E-state index in [1.54, 1.807) is 0 Å². The van der Waals surface area contributed by atoms with Crippen LogP contribution >= 0.6 is 21.5 Å². The van der Waals surface area contributed by atoms with Gasteiger partial charge in [0.1, 0.15) is 15.5 Å². The lowest BCUT2D eigenvalue weighted by Gasteiger charge is -2.07. The zero-order chi connectivity index (χ0) is 9.03. The minimum atomic E-state index is -0.769. The quantitative estimate of drug-likeness (QED) is 0.711. The highest BCUT2D eigenvalue weighted by Crippen LogP contribution is 2.59. The Morgan fingerprint density at radius 1 is 1.17 bits per heavy atom. The Balaban J connectivity index is 2.44. The average Bonchev–Trinajstić information content (AvgIpc) is 2.02. The topological polar surface area (TPSA) is 0 Å². The Morgan fingerprint density at radius 2 is 1.75 bits per heavy atom. The first-order chi connectivity index (χ1) is 5.58.